The van der Waals surface area contributed by atoms with Crippen molar-refractivity contribution in [2.75, 3.05) is 31.9 Å². The van der Waals surface area contributed by atoms with E-state index >= 15 is 0 Å². The van der Waals surface area contributed by atoms with Gasteiger partial charge in [0.2, 0.25) is 11.8 Å². The van der Waals surface area contributed by atoms with Crippen molar-refractivity contribution in [3.63, 3.8) is 0 Å². The number of sulfone groups is 1. The lowest BCUT2D eigenvalue weighted by Gasteiger charge is -2.37. The first-order valence-electron chi connectivity index (χ1n) is 9.71. The van der Waals surface area contributed by atoms with Gasteiger partial charge in [0.1, 0.15) is 5.75 Å². The molecular formula is C20H28N2O4S. The van der Waals surface area contributed by atoms with Crippen molar-refractivity contribution in [3.8, 4) is 0 Å². The lowest BCUT2D eigenvalue weighted by molar-refractivity contribution is -0.141. The predicted molar refractivity (Wildman–Crippen MR) is 103 cm³/mol. The summed E-state index contributed by atoms with van der Waals surface area (Å²) < 4.78 is 24.8. The molecule has 0 aliphatic carbocycles. The van der Waals surface area contributed by atoms with E-state index in [1.165, 1.54) is 18.6 Å². The van der Waals surface area contributed by atoms with Gasteiger partial charge in [-0.3, -0.25) is 9.59 Å². The molecule has 2 amide bonds. The van der Waals surface area contributed by atoms with Crippen LogP contribution in [0.5, 0.6) is 0 Å². The van der Waals surface area contributed by atoms with E-state index in [0.717, 1.165) is 19.5 Å². The van der Waals surface area contributed by atoms with Crippen molar-refractivity contribution < 1.29 is 18.0 Å². The Hall–Kier alpha value is -1.89. The summed E-state index contributed by atoms with van der Waals surface area (Å²) in [5.74, 6) is -0.196. The van der Waals surface area contributed by atoms with Crippen molar-refractivity contribution in [1.82, 2.24) is 9.80 Å². The molecule has 0 N–H and O–H groups in total. The van der Waals surface area contributed by atoms with Gasteiger partial charge in [-0.25, -0.2) is 8.42 Å². The fourth-order valence-electron chi connectivity index (χ4n) is 3.99. The third-order valence-corrected chi connectivity index (χ3v) is 7.20. The van der Waals surface area contributed by atoms with Crippen LogP contribution in [0, 0.1) is 11.8 Å². The largest absolute Gasteiger partial charge is 0.342 e. The Labute approximate surface area is 161 Å². The van der Waals surface area contributed by atoms with Gasteiger partial charge in [0.15, 0.2) is 9.84 Å². The van der Waals surface area contributed by atoms with Crippen LogP contribution in [0.15, 0.2) is 35.2 Å². The quantitative estimate of drug-likeness (QED) is 0.785. The Balaban J connectivity index is 1.53. The molecule has 2 aliphatic heterocycles. The Bertz CT molecular complexity index is 770. The Kier molecular flexibility index (Phi) is 6.19. The molecule has 0 spiro atoms. The van der Waals surface area contributed by atoms with Crippen LogP contribution in [0.25, 0.3) is 0 Å². The maximum atomic E-state index is 12.7. The number of piperidine rings is 2. The summed E-state index contributed by atoms with van der Waals surface area (Å²) in [6.07, 6.45) is 3.45. The molecule has 6 nitrogen and oxygen atoms in total. The van der Waals surface area contributed by atoms with Crippen molar-refractivity contribution in [1.29, 1.82) is 0 Å². The van der Waals surface area contributed by atoms with E-state index in [4.69, 9.17) is 0 Å². The van der Waals surface area contributed by atoms with Gasteiger partial charge in [-0.2, -0.15) is 0 Å². The highest BCUT2D eigenvalue weighted by atomic mass is 32.2. The number of rotatable bonds is 4. The molecule has 0 saturated carbocycles. The fraction of sp³-hybridized carbons (Fsp3) is 0.600. The first-order chi connectivity index (χ1) is 12.9. The minimum atomic E-state index is -3.63. The molecule has 2 aliphatic rings. The smallest absolute Gasteiger partial charge is 0.238 e. The van der Waals surface area contributed by atoms with Crippen LogP contribution in [0.2, 0.25) is 0 Å². The zero-order chi connectivity index (χ0) is 19.4. The van der Waals surface area contributed by atoms with E-state index in [-0.39, 0.29) is 22.6 Å². The number of hydrogen-bond acceptors (Lipinski definition) is 4. The van der Waals surface area contributed by atoms with Crippen LogP contribution in [0.3, 0.4) is 0 Å². The van der Waals surface area contributed by atoms with Crippen molar-refractivity contribution in [2.24, 2.45) is 11.8 Å². The molecular weight excluding hydrogens is 364 g/mol. The highest BCUT2D eigenvalue weighted by Crippen LogP contribution is 2.24. The number of amides is 2. The van der Waals surface area contributed by atoms with Gasteiger partial charge < -0.3 is 9.80 Å². The molecule has 2 heterocycles. The molecule has 0 radical (unpaired) electrons. The summed E-state index contributed by atoms with van der Waals surface area (Å²) in [4.78, 5) is 28.9. The third-order valence-electron chi connectivity index (χ3n) is 5.58. The standard InChI is InChI=1S/C20H28N2O4S/c1-16-6-5-11-22(14-16)20(24)17-9-12-21(13-10-17)19(23)15-27(25,26)18-7-3-2-4-8-18/h2-4,7-8,16-17H,5-6,9-15H2,1H3. The van der Waals surface area contributed by atoms with Gasteiger partial charge in [0, 0.05) is 32.1 Å². The highest BCUT2D eigenvalue weighted by Gasteiger charge is 2.33. The average Bonchev–Trinajstić information content (AvgIpc) is 2.68. The molecule has 0 aromatic heterocycles. The molecule has 2 saturated heterocycles. The molecule has 3 rings (SSSR count). The van der Waals surface area contributed by atoms with Crippen molar-refractivity contribution >= 4 is 21.7 Å². The minimum absolute atomic E-state index is 0.0509. The average molecular weight is 393 g/mol. The van der Waals surface area contributed by atoms with Crippen molar-refractivity contribution in [2.45, 2.75) is 37.5 Å². The van der Waals surface area contributed by atoms with Crippen LogP contribution in [-0.4, -0.2) is 62.0 Å². The third kappa shape index (κ3) is 4.89. The van der Waals surface area contributed by atoms with Crippen molar-refractivity contribution in [3.05, 3.63) is 30.3 Å². The number of carbonyl (C=O) groups excluding carboxylic acids is 2. The summed E-state index contributed by atoms with van der Waals surface area (Å²) in [6, 6.07) is 8.05. The number of benzene rings is 1. The normalized spacial score (nSPS) is 21.9. The summed E-state index contributed by atoms with van der Waals surface area (Å²) in [6.45, 7) is 4.73. The SMILES string of the molecule is CC1CCCN(C(=O)C2CCN(C(=O)CS(=O)(=O)c3ccccc3)CC2)C1. The summed E-state index contributed by atoms with van der Waals surface area (Å²) in [5, 5.41) is 0. The Morgan fingerprint density at radius 1 is 1.00 bits per heavy atom. The van der Waals surface area contributed by atoms with Gasteiger partial charge in [-0.1, -0.05) is 25.1 Å². The molecule has 7 heteroatoms. The van der Waals surface area contributed by atoms with Crippen LogP contribution in [0.4, 0.5) is 0 Å². The summed E-state index contributed by atoms with van der Waals surface area (Å²) >= 11 is 0. The lowest BCUT2D eigenvalue weighted by atomic mass is 9.93. The molecule has 0 bridgehead atoms. The van der Waals surface area contributed by atoms with Crippen LogP contribution in [-0.2, 0) is 19.4 Å². The van der Waals surface area contributed by atoms with Gasteiger partial charge >= 0.3 is 0 Å². The van der Waals surface area contributed by atoms with Crippen LogP contribution < -0.4 is 0 Å². The lowest BCUT2D eigenvalue weighted by Crippen LogP contribution is -2.47. The van der Waals surface area contributed by atoms with E-state index in [1.807, 2.05) is 4.90 Å². The van der Waals surface area contributed by atoms with Gasteiger partial charge in [0.05, 0.1) is 4.90 Å². The second kappa shape index (κ2) is 8.42. The fourth-order valence-corrected chi connectivity index (χ4v) is 5.23. The summed E-state index contributed by atoms with van der Waals surface area (Å²) in [7, 11) is -3.63. The summed E-state index contributed by atoms with van der Waals surface area (Å²) in [5.41, 5.74) is 0. The number of carbonyl (C=O) groups is 2. The van der Waals surface area contributed by atoms with E-state index in [2.05, 4.69) is 6.92 Å². The number of likely N-dealkylation sites (tertiary alicyclic amines) is 2. The first-order valence-corrected chi connectivity index (χ1v) is 11.4. The van der Waals surface area contributed by atoms with Crippen LogP contribution >= 0.6 is 0 Å². The second-order valence-electron chi connectivity index (χ2n) is 7.76. The van der Waals surface area contributed by atoms with E-state index in [9.17, 15) is 18.0 Å². The zero-order valence-corrected chi connectivity index (χ0v) is 16.7. The first kappa shape index (κ1) is 19.9. The topological polar surface area (TPSA) is 74.8 Å². The monoisotopic (exact) mass is 392 g/mol. The minimum Gasteiger partial charge on any atom is -0.342 e. The highest BCUT2D eigenvalue weighted by molar-refractivity contribution is 7.92. The van der Waals surface area contributed by atoms with E-state index < -0.39 is 15.6 Å². The van der Waals surface area contributed by atoms with Gasteiger partial charge in [-0.15, -0.1) is 0 Å². The van der Waals surface area contributed by atoms with Crippen LogP contribution in [0.1, 0.15) is 32.6 Å². The van der Waals surface area contributed by atoms with E-state index in [0.29, 0.717) is 31.8 Å². The van der Waals surface area contributed by atoms with E-state index in [1.54, 1.807) is 23.1 Å². The molecule has 27 heavy (non-hydrogen) atoms. The molecule has 1 unspecified atom stereocenters. The van der Waals surface area contributed by atoms with Gasteiger partial charge in [0.25, 0.3) is 0 Å². The predicted octanol–water partition coefficient (Wildman–Crippen LogP) is 1.96. The number of nitrogens with zero attached hydrogens (tertiary/aromatic N) is 2. The maximum Gasteiger partial charge on any atom is 0.238 e. The Morgan fingerprint density at radius 2 is 1.67 bits per heavy atom. The molecule has 148 valence electrons. The second-order valence-corrected chi connectivity index (χ2v) is 9.75. The molecule has 1 aromatic rings. The molecule has 1 atom stereocenters. The maximum absolute atomic E-state index is 12.7. The molecule has 1 aromatic carbocycles. The zero-order valence-electron chi connectivity index (χ0n) is 15.8. The van der Waals surface area contributed by atoms with Gasteiger partial charge in [-0.05, 0) is 43.7 Å². The molecule has 2 fully saturated rings. The number of hydrogen-bond donors (Lipinski definition) is 0. The Morgan fingerprint density at radius 3 is 2.30 bits per heavy atom.